The minimum Gasteiger partial charge on any atom is -0.481 e. The first-order chi connectivity index (χ1) is 13.9. The van der Waals surface area contributed by atoms with Crippen molar-refractivity contribution in [3.63, 3.8) is 0 Å². The average Bonchev–Trinajstić information content (AvgIpc) is 2.66. The molecule has 0 amide bonds. The molecule has 0 saturated carbocycles. The van der Waals surface area contributed by atoms with Crippen molar-refractivity contribution in [2.45, 2.75) is 97.5 Å². The van der Waals surface area contributed by atoms with Crippen molar-refractivity contribution in [1.29, 1.82) is 0 Å². The maximum atomic E-state index is 10.9. The van der Waals surface area contributed by atoms with Gasteiger partial charge in [0.25, 0.3) is 0 Å². The molecule has 0 aliphatic carbocycles. The van der Waals surface area contributed by atoms with E-state index in [1.807, 2.05) is 19.2 Å². The summed E-state index contributed by atoms with van der Waals surface area (Å²) in [6.07, 6.45) is 18.8. The number of aliphatic hydroxyl groups excluding tert-OH is 1. The molecule has 0 saturated heterocycles. The Morgan fingerprint density at radius 1 is 0.931 bits per heavy atom. The van der Waals surface area contributed by atoms with E-state index in [0.29, 0.717) is 17.8 Å². The van der Waals surface area contributed by atoms with Crippen molar-refractivity contribution in [1.82, 2.24) is 5.32 Å². The van der Waals surface area contributed by atoms with Gasteiger partial charge in [-0.1, -0.05) is 90.0 Å². The van der Waals surface area contributed by atoms with Crippen molar-refractivity contribution in [3.05, 3.63) is 24.3 Å². The van der Waals surface area contributed by atoms with E-state index in [-0.39, 0.29) is 12.5 Å². The van der Waals surface area contributed by atoms with E-state index in [0.717, 1.165) is 51.5 Å². The predicted octanol–water partition coefficient (Wildman–Crippen LogP) is 5.96. The topological polar surface area (TPSA) is 69.6 Å². The van der Waals surface area contributed by atoms with Crippen LogP contribution in [0.25, 0.3) is 0 Å². The lowest BCUT2D eigenvalue weighted by atomic mass is 9.88. The zero-order chi connectivity index (χ0) is 21.9. The molecule has 0 aliphatic rings. The van der Waals surface area contributed by atoms with Gasteiger partial charge in [0.15, 0.2) is 0 Å². The molecular weight excluding hydrogens is 362 g/mol. The Morgan fingerprint density at radius 3 is 2.28 bits per heavy atom. The highest BCUT2D eigenvalue weighted by Gasteiger charge is 2.13. The molecule has 4 nitrogen and oxygen atoms in total. The maximum Gasteiger partial charge on any atom is 0.303 e. The number of allylic oxidation sites excluding steroid dienone is 2. The van der Waals surface area contributed by atoms with Crippen molar-refractivity contribution in [2.24, 2.45) is 17.8 Å². The highest BCUT2D eigenvalue weighted by Crippen LogP contribution is 2.24. The van der Waals surface area contributed by atoms with Crippen molar-refractivity contribution in [2.75, 3.05) is 13.6 Å². The largest absolute Gasteiger partial charge is 0.481 e. The van der Waals surface area contributed by atoms with Crippen LogP contribution in [0.5, 0.6) is 0 Å². The van der Waals surface area contributed by atoms with Gasteiger partial charge in [-0.25, -0.2) is 0 Å². The van der Waals surface area contributed by atoms with Gasteiger partial charge >= 0.3 is 5.97 Å². The average molecular weight is 410 g/mol. The molecule has 0 aliphatic heterocycles. The van der Waals surface area contributed by atoms with Crippen LogP contribution in [0, 0.1) is 17.8 Å². The Hall–Kier alpha value is -1.13. The van der Waals surface area contributed by atoms with E-state index in [1.165, 1.54) is 19.3 Å². The number of carbonyl (C=O) groups is 1. The zero-order valence-corrected chi connectivity index (χ0v) is 19.4. The number of hydrogen-bond acceptors (Lipinski definition) is 3. The maximum absolute atomic E-state index is 10.9. The lowest BCUT2D eigenvalue weighted by Gasteiger charge is -2.19. The van der Waals surface area contributed by atoms with Gasteiger partial charge in [-0.05, 0) is 44.1 Å². The third-order valence-electron chi connectivity index (χ3n) is 5.50. The van der Waals surface area contributed by atoms with Crippen LogP contribution in [-0.4, -0.2) is 35.9 Å². The van der Waals surface area contributed by atoms with Gasteiger partial charge in [0.2, 0.25) is 0 Å². The lowest BCUT2D eigenvalue weighted by molar-refractivity contribution is -0.137. The van der Waals surface area contributed by atoms with Gasteiger partial charge in [-0.2, -0.15) is 0 Å². The molecule has 0 rings (SSSR count). The second-order valence-corrected chi connectivity index (χ2v) is 8.85. The molecule has 3 N–H and O–H groups in total. The van der Waals surface area contributed by atoms with Crippen LogP contribution in [0.3, 0.4) is 0 Å². The van der Waals surface area contributed by atoms with Gasteiger partial charge in [-0.15, -0.1) is 0 Å². The first-order valence-corrected chi connectivity index (χ1v) is 11.8. The first kappa shape index (κ1) is 27.9. The number of carboxylic acids is 1. The Labute approximate surface area is 179 Å². The Balaban J connectivity index is 4.40. The van der Waals surface area contributed by atoms with Crippen molar-refractivity contribution < 1.29 is 15.0 Å². The number of aliphatic hydroxyl groups is 1. The molecule has 29 heavy (non-hydrogen) atoms. The highest BCUT2D eigenvalue weighted by molar-refractivity contribution is 5.66. The molecule has 3 unspecified atom stereocenters. The number of carboxylic acid groups (broad SMARTS) is 1. The second kappa shape index (κ2) is 18.9. The molecule has 0 bridgehead atoms. The molecule has 0 heterocycles. The van der Waals surface area contributed by atoms with Gasteiger partial charge in [-0.3, -0.25) is 4.79 Å². The van der Waals surface area contributed by atoms with E-state index < -0.39 is 5.97 Å². The number of hydrogen-bond donors (Lipinski definition) is 3. The summed E-state index contributed by atoms with van der Waals surface area (Å²) in [5, 5.41) is 22.2. The minimum absolute atomic E-state index is 0.286. The van der Waals surface area contributed by atoms with Crippen molar-refractivity contribution >= 4 is 5.97 Å². The number of aliphatic carboxylic acids is 1. The summed E-state index contributed by atoms with van der Waals surface area (Å²) in [6.45, 7) is 7.58. The van der Waals surface area contributed by atoms with Gasteiger partial charge < -0.3 is 15.5 Å². The van der Waals surface area contributed by atoms with E-state index in [1.54, 1.807) is 0 Å². The van der Waals surface area contributed by atoms with Crippen LogP contribution in [0.2, 0.25) is 0 Å². The fourth-order valence-electron chi connectivity index (χ4n) is 3.64. The molecule has 0 fully saturated rings. The summed E-state index contributed by atoms with van der Waals surface area (Å²) in [5.74, 6) is 0.976. The summed E-state index contributed by atoms with van der Waals surface area (Å²) in [4.78, 5) is 10.9. The Bertz CT molecular complexity index is 445. The van der Waals surface area contributed by atoms with Crippen LogP contribution in [-0.2, 0) is 4.79 Å². The zero-order valence-electron chi connectivity index (χ0n) is 19.4. The molecule has 0 aromatic carbocycles. The normalized spacial score (nSPS) is 15.4. The monoisotopic (exact) mass is 409 g/mol. The molecule has 0 aromatic heterocycles. The fourth-order valence-corrected chi connectivity index (χ4v) is 3.64. The predicted molar refractivity (Wildman–Crippen MR) is 124 cm³/mol. The Morgan fingerprint density at radius 2 is 1.66 bits per heavy atom. The summed E-state index contributed by atoms with van der Waals surface area (Å²) in [6, 6.07) is 0. The number of unbranched alkanes of at least 4 members (excludes halogenated alkanes) is 2. The molecular formula is C25H47NO3. The van der Waals surface area contributed by atoms with Gasteiger partial charge in [0.05, 0.1) is 6.10 Å². The lowest BCUT2D eigenvalue weighted by Crippen LogP contribution is -2.17. The summed E-state index contributed by atoms with van der Waals surface area (Å²) < 4.78 is 0. The molecule has 0 spiro atoms. The molecule has 0 radical (unpaired) electrons. The van der Waals surface area contributed by atoms with Crippen LogP contribution in [0.4, 0.5) is 0 Å². The smallest absolute Gasteiger partial charge is 0.303 e. The van der Waals surface area contributed by atoms with Crippen molar-refractivity contribution in [3.8, 4) is 0 Å². The molecule has 0 aromatic rings. The van der Waals surface area contributed by atoms with Crippen LogP contribution in [0.1, 0.15) is 91.4 Å². The first-order valence-electron chi connectivity index (χ1n) is 11.8. The van der Waals surface area contributed by atoms with Crippen LogP contribution >= 0.6 is 0 Å². The van der Waals surface area contributed by atoms with Gasteiger partial charge in [0, 0.05) is 13.0 Å². The van der Waals surface area contributed by atoms with E-state index in [2.05, 4.69) is 38.2 Å². The van der Waals surface area contributed by atoms with E-state index in [9.17, 15) is 9.90 Å². The third-order valence-corrected chi connectivity index (χ3v) is 5.50. The van der Waals surface area contributed by atoms with E-state index >= 15 is 0 Å². The quantitative estimate of drug-likeness (QED) is 0.182. The molecule has 4 heteroatoms. The summed E-state index contributed by atoms with van der Waals surface area (Å²) in [5.41, 5.74) is 0. The summed E-state index contributed by atoms with van der Waals surface area (Å²) in [7, 11) is 1.98. The Kier molecular flexibility index (Phi) is 18.1. The second-order valence-electron chi connectivity index (χ2n) is 8.85. The third kappa shape index (κ3) is 18.6. The number of rotatable bonds is 19. The van der Waals surface area contributed by atoms with Crippen LogP contribution in [0.15, 0.2) is 24.3 Å². The van der Waals surface area contributed by atoms with Gasteiger partial charge in [0.1, 0.15) is 0 Å². The molecule has 3 atom stereocenters. The molecule has 170 valence electrons. The summed E-state index contributed by atoms with van der Waals surface area (Å²) >= 11 is 0. The minimum atomic E-state index is -0.681. The SMILES string of the molecule is CCCCCC(O)C=CC=CC(CCCC(CCC(=O)O)CCC(C)C)CNC. The van der Waals surface area contributed by atoms with E-state index in [4.69, 9.17) is 5.11 Å². The standard InChI is InChI=1S/C25H47NO3/c1-5-6-7-14-24(27)15-9-8-11-23(20-26-4)13-10-12-22(17-16-21(2)3)18-19-25(28)29/h8-9,11,15,21-24,26-27H,5-7,10,12-14,16-20H2,1-4H3,(H,28,29). The highest BCUT2D eigenvalue weighted by atomic mass is 16.4. The van der Waals surface area contributed by atoms with Crippen LogP contribution < -0.4 is 5.32 Å². The fraction of sp³-hybridized carbons (Fsp3) is 0.800. The number of nitrogens with one attached hydrogen (secondary N) is 1.